The minimum atomic E-state index is 0.451. The lowest BCUT2D eigenvalue weighted by atomic mass is 10.1. The van der Waals surface area contributed by atoms with Gasteiger partial charge in [0.05, 0.1) is 0 Å². The van der Waals surface area contributed by atoms with E-state index in [1.807, 2.05) is 13.0 Å². The second-order valence-electron chi connectivity index (χ2n) is 4.69. The van der Waals surface area contributed by atoms with Gasteiger partial charge >= 0.3 is 0 Å². The molecule has 1 unspecified atom stereocenters. The number of nitrogens with one attached hydrogen (secondary N) is 1. The molecule has 0 saturated carbocycles. The predicted octanol–water partition coefficient (Wildman–Crippen LogP) is 1.77. The van der Waals surface area contributed by atoms with Crippen molar-refractivity contribution in [3.05, 3.63) is 17.6 Å². The molecule has 1 aromatic rings. The first-order valence-corrected chi connectivity index (χ1v) is 6.43. The van der Waals surface area contributed by atoms with Gasteiger partial charge in [0, 0.05) is 38.6 Å². The summed E-state index contributed by atoms with van der Waals surface area (Å²) in [5.41, 5.74) is 0.962. The van der Waals surface area contributed by atoms with Gasteiger partial charge in [0.2, 0.25) is 0 Å². The number of aromatic nitrogens is 2. The van der Waals surface area contributed by atoms with Crippen LogP contribution in [0.25, 0.3) is 0 Å². The molecule has 1 aromatic heterocycles. The summed E-state index contributed by atoms with van der Waals surface area (Å²) in [5, 5.41) is 3.35. The number of hydrogen-bond donors (Lipinski definition) is 1. The summed E-state index contributed by atoms with van der Waals surface area (Å²) in [6.07, 6.45) is 2.31. The SMILES string of the molecule is COCc1nc(C)cc(NCCC2CCOC2)n1. The highest BCUT2D eigenvalue weighted by molar-refractivity contribution is 5.35. The summed E-state index contributed by atoms with van der Waals surface area (Å²) in [6, 6.07) is 1.96. The first-order chi connectivity index (χ1) is 8.78. The highest BCUT2D eigenvalue weighted by atomic mass is 16.5. The van der Waals surface area contributed by atoms with Crippen LogP contribution in [0.3, 0.4) is 0 Å². The van der Waals surface area contributed by atoms with Gasteiger partial charge in [-0.3, -0.25) is 0 Å². The number of anilines is 1. The molecule has 1 aliphatic rings. The van der Waals surface area contributed by atoms with Crippen LogP contribution in [0.5, 0.6) is 0 Å². The maximum atomic E-state index is 5.36. The Morgan fingerprint density at radius 2 is 2.39 bits per heavy atom. The average Bonchev–Trinajstić information content (AvgIpc) is 2.82. The van der Waals surface area contributed by atoms with Gasteiger partial charge in [-0.25, -0.2) is 9.97 Å². The fraction of sp³-hybridized carbons (Fsp3) is 0.692. The van der Waals surface area contributed by atoms with Crippen molar-refractivity contribution in [1.82, 2.24) is 9.97 Å². The summed E-state index contributed by atoms with van der Waals surface area (Å²) in [6.45, 7) is 5.16. The fourth-order valence-corrected chi connectivity index (χ4v) is 2.13. The maximum Gasteiger partial charge on any atom is 0.156 e. The Kier molecular flexibility index (Phi) is 4.90. The number of methoxy groups -OCH3 is 1. The highest BCUT2D eigenvalue weighted by Crippen LogP contribution is 2.16. The van der Waals surface area contributed by atoms with Crippen LogP contribution >= 0.6 is 0 Å². The average molecular weight is 251 g/mol. The van der Waals surface area contributed by atoms with Crippen LogP contribution in [-0.4, -0.2) is 36.8 Å². The van der Waals surface area contributed by atoms with Gasteiger partial charge in [0.1, 0.15) is 12.4 Å². The molecular formula is C13H21N3O2. The number of nitrogens with zero attached hydrogens (tertiary/aromatic N) is 2. The summed E-state index contributed by atoms with van der Waals surface area (Å²) in [4.78, 5) is 8.72. The topological polar surface area (TPSA) is 56.3 Å². The van der Waals surface area contributed by atoms with Crippen molar-refractivity contribution in [3.8, 4) is 0 Å². The minimum Gasteiger partial charge on any atom is -0.381 e. The minimum absolute atomic E-state index is 0.451. The summed E-state index contributed by atoms with van der Waals surface area (Å²) in [7, 11) is 1.65. The van der Waals surface area contributed by atoms with Gasteiger partial charge in [0.15, 0.2) is 5.82 Å². The molecule has 100 valence electrons. The molecule has 1 aliphatic heterocycles. The van der Waals surface area contributed by atoms with Crippen molar-refractivity contribution >= 4 is 5.82 Å². The van der Waals surface area contributed by atoms with Crippen LogP contribution in [0.2, 0.25) is 0 Å². The first kappa shape index (κ1) is 13.2. The van der Waals surface area contributed by atoms with Crippen molar-refractivity contribution in [3.63, 3.8) is 0 Å². The number of hydrogen-bond acceptors (Lipinski definition) is 5. The normalized spacial score (nSPS) is 19.1. The van der Waals surface area contributed by atoms with E-state index < -0.39 is 0 Å². The molecule has 0 aliphatic carbocycles. The largest absolute Gasteiger partial charge is 0.381 e. The summed E-state index contributed by atoms with van der Waals surface area (Å²) >= 11 is 0. The van der Waals surface area contributed by atoms with E-state index in [-0.39, 0.29) is 0 Å². The molecule has 5 heteroatoms. The van der Waals surface area contributed by atoms with Crippen molar-refractivity contribution in [2.45, 2.75) is 26.4 Å². The summed E-state index contributed by atoms with van der Waals surface area (Å²) < 4.78 is 10.4. The molecule has 0 spiro atoms. The van der Waals surface area contributed by atoms with E-state index in [1.165, 1.54) is 6.42 Å². The molecular weight excluding hydrogens is 230 g/mol. The zero-order chi connectivity index (χ0) is 12.8. The smallest absolute Gasteiger partial charge is 0.156 e. The third-order valence-corrected chi connectivity index (χ3v) is 3.06. The van der Waals surface area contributed by atoms with Gasteiger partial charge in [-0.2, -0.15) is 0 Å². The Morgan fingerprint density at radius 1 is 1.50 bits per heavy atom. The number of rotatable bonds is 6. The van der Waals surface area contributed by atoms with Gasteiger partial charge in [-0.1, -0.05) is 0 Å². The van der Waals surface area contributed by atoms with E-state index in [0.29, 0.717) is 12.5 Å². The highest BCUT2D eigenvalue weighted by Gasteiger charge is 2.14. The molecule has 0 bridgehead atoms. The Hall–Kier alpha value is -1.20. The van der Waals surface area contributed by atoms with Crippen LogP contribution in [-0.2, 0) is 16.1 Å². The monoisotopic (exact) mass is 251 g/mol. The molecule has 2 rings (SSSR count). The third kappa shape index (κ3) is 3.92. The van der Waals surface area contributed by atoms with Crippen LogP contribution in [0.1, 0.15) is 24.4 Å². The van der Waals surface area contributed by atoms with E-state index in [0.717, 1.165) is 43.5 Å². The van der Waals surface area contributed by atoms with Crippen LogP contribution in [0.4, 0.5) is 5.82 Å². The van der Waals surface area contributed by atoms with E-state index >= 15 is 0 Å². The zero-order valence-electron chi connectivity index (χ0n) is 11.1. The van der Waals surface area contributed by atoms with E-state index in [9.17, 15) is 0 Å². The maximum absolute atomic E-state index is 5.36. The quantitative estimate of drug-likeness (QED) is 0.835. The van der Waals surface area contributed by atoms with Crippen LogP contribution < -0.4 is 5.32 Å². The van der Waals surface area contributed by atoms with Crippen molar-refractivity contribution in [2.75, 3.05) is 32.2 Å². The Bertz CT molecular complexity index is 378. The molecule has 1 saturated heterocycles. The summed E-state index contributed by atoms with van der Waals surface area (Å²) in [5.74, 6) is 2.30. The Balaban J connectivity index is 1.83. The molecule has 5 nitrogen and oxygen atoms in total. The van der Waals surface area contributed by atoms with E-state index in [1.54, 1.807) is 7.11 Å². The lowest BCUT2D eigenvalue weighted by molar-refractivity contribution is 0.177. The molecule has 18 heavy (non-hydrogen) atoms. The Labute approximate surface area is 108 Å². The fourth-order valence-electron chi connectivity index (χ4n) is 2.13. The van der Waals surface area contributed by atoms with Crippen molar-refractivity contribution in [1.29, 1.82) is 0 Å². The van der Waals surface area contributed by atoms with Crippen LogP contribution in [0.15, 0.2) is 6.07 Å². The molecule has 0 aromatic carbocycles. The van der Waals surface area contributed by atoms with E-state index in [4.69, 9.17) is 9.47 Å². The van der Waals surface area contributed by atoms with Gasteiger partial charge in [0.25, 0.3) is 0 Å². The number of aryl methyl sites for hydroxylation is 1. The molecule has 1 N–H and O–H groups in total. The predicted molar refractivity (Wildman–Crippen MR) is 69.5 cm³/mol. The number of ether oxygens (including phenoxy) is 2. The van der Waals surface area contributed by atoms with E-state index in [2.05, 4.69) is 15.3 Å². The molecule has 0 amide bonds. The molecule has 1 atom stereocenters. The standard InChI is InChI=1S/C13H21N3O2/c1-10-7-12(16-13(15-10)9-17-2)14-5-3-11-4-6-18-8-11/h7,11H,3-6,8-9H2,1-2H3,(H,14,15,16). The lowest BCUT2D eigenvalue weighted by Crippen LogP contribution is -2.11. The van der Waals surface area contributed by atoms with Crippen molar-refractivity contribution < 1.29 is 9.47 Å². The van der Waals surface area contributed by atoms with Crippen LogP contribution in [0, 0.1) is 12.8 Å². The second-order valence-corrected chi connectivity index (χ2v) is 4.69. The van der Waals surface area contributed by atoms with Gasteiger partial charge in [-0.15, -0.1) is 0 Å². The van der Waals surface area contributed by atoms with Gasteiger partial charge in [-0.05, 0) is 25.7 Å². The molecule has 1 fully saturated rings. The first-order valence-electron chi connectivity index (χ1n) is 6.43. The Morgan fingerprint density at radius 3 is 3.11 bits per heavy atom. The zero-order valence-corrected chi connectivity index (χ0v) is 11.1. The van der Waals surface area contributed by atoms with Crippen molar-refractivity contribution in [2.24, 2.45) is 5.92 Å². The lowest BCUT2D eigenvalue weighted by Gasteiger charge is -2.10. The second kappa shape index (κ2) is 6.66. The molecule has 2 heterocycles. The van der Waals surface area contributed by atoms with Gasteiger partial charge < -0.3 is 14.8 Å². The molecule has 0 radical (unpaired) electrons. The third-order valence-electron chi connectivity index (χ3n) is 3.06.